The minimum atomic E-state index is -1.09. The Morgan fingerprint density at radius 2 is 0.810 bits per heavy atom. The molecule has 0 saturated carbocycles. The third-order valence-corrected chi connectivity index (χ3v) is 17.2. The number of amides is 8. The lowest BCUT2D eigenvalue weighted by atomic mass is 9.83. The van der Waals surface area contributed by atoms with Gasteiger partial charge in [-0.3, -0.25) is 38.4 Å². The Labute approximate surface area is 574 Å². The lowest BCUT2D eigenvalue weighted by molar-refractivity contribution is -0.144. The minimum Gasteiger partial charge on any atom is -0.350 e. The van der Waals surface area contributed by atoms with Gasteiger partial charge in [-0.1, -0.05) is 113 Å². The normalized spacial score (nSPS) is 21.7. The van der Waals surface area contributed by atoms with Crippen LogP contribution in [0.2, 0.25) is 0 Å². The zero-order chi connectivity index (χ0) is 53.5. The highest BCUT2D eigenvalue weighted by molar-refractivity contribution is 8.00. The van der Waals surface area contributed by atoms with Crippen LogP contribution in [0, 0.1) is 10.8 Å². The van der Waals surface area contributed by atoms with Gasteiger partial charge in [0.2, 0.25) is 47.3 Å². The number of hydrogen-bond donors (Lipinski definition) is 8. The van der Waals surface area contributed by atoms with E-state index in [-0.39, 0.29) is 182 Å². The van der Waals surface area contributed by atoms with E-state index in [1.54, 1.807) is 110 Å². The van der Waals surface area contributed by atoms with Crippen molar-refractivity contribution in [2.45, 2.75) is 139 Å². The van der Waals surface area contributed by atoms with E-state index in [1.165, 1.54) is 0 Å². The van der Waals surface area contributed by atoms with Gasteiger partial charge >= 0.3 is 0 Å². The molecule has 478 valence electrons. The molecule has 8 N–H and O–H groups in total. The highest BCUT2D eigenvalue weighted by Crippen LogP contribution is 2.48. The molecule has 10 atom stereocenters. The average Bonchev–Trinajstić information content (AvgIpc) is 3.71. The fourth-order valence-electron chi connectivity index (χ4n) is 10.3. The van der Waals surface area contributed by atoms with Crippen LogP contribution in [0.1, 0.15) is 102 Å². The van der Waals surface area contributed by atoms with Crippen LogP contribution in [0.25, 0.3) is 0 Å². The van der Waals surface area contributed by atoms with Crippen LogP contribution in [-0.4, -0.2) is 130 Å². The molecule has 0 aliphatic carbocycles. The number of carbonyl (C=O) groups excluding carboxylic acids is 8. The second-order valence-electron chi connectivity index (χ2n) is 21.0. The summed E-state index contributed by atoms with van der Waals surface area (Å²) in [7, 11) is 3.34. The van der Waals surface area contributed by atoms with Crippen LogP contribution in [0.15, 0.2) is 84.9 Å². The van der Waals surface area contributed by atoms with Gasteiger partial charge in [-0.15, -0.1) is 23.5 Å². The van der Waals surface area contributed by atoms with Gasteiger partial charge in [0.05, 0.1) is 22.8 Å². The number of thioether (sulfide) groups is 2. The molecular weight excluding hydrogens is 1300 g/mol. The summed E-state index contributed by atoms with van der Waals surface area (Å²) in [4.78, 5) is 115. The summed E-state index contributed by atoms with van der Waals surface area (Å²) in [6, 6.07) is 18.5. The predicted molar refractivity (Wildman–Crippen MR) is 389 cm³/mol. The van der Waals surface area contributed by atoms with Crippen LogP contribution in [-0.2, 0) is 51.4 Å². The molecule has 8 amide bonds. The van der Waals surface area contributed by atoms with E-state index in [9.17, 15) is 38.4 Å². The first-order valence-corrected chi connectivity index (χ1v) is 27.5. The van der Waals surface area contributed by atoms with Crippen molar-refractivity contribution in [3.8, 4) is 0 Å². The molecular formula is C54H92N10O8S12. The molecule has 0 unspecified atom stereocenters. The summed E-state index contributed by atoms with van der Waals surface area (Å²) in [5, 5.41) is 22.9. The van der Waals surface area contributed by atoms with E-state index in [0.717, 1.165) is 11.1 Å². The van der Waals surface area contributed by atoms with Crippen LogP contribution < -0.4 is 42.5 Å². The van der Waals surface area contributed by atoms with Crippen molar-refractivity contribution in [3.05, 3.63) is 107 Å². The standard InChI is InChI=1S/C54H72N10O8S2.10H2S/c1-31(55-7)45(65)59-37-23-25-73-39-27-53(3,4)43(63(39)51(37)71)49(69)61-41(35-15-11-9-12-16-35)47(67)57-29-33-19-21-34(22-20-33)30-58-48(68)42(36-17-13-10-14-18-36)62-50(70)44-54(5,6)28-40-64(44)52(72)38(24-26-74-40)60-46(66)32(2)56-8;;;;;;;;;;/h9-22,31-32,37-44,55-56H,23-30H2,1-8H3,(H,57,67)(H,58,68)(H,59,65)(H,60,66)(H,61,69)(H,62,70);10*1H2/t31-,32-,37-,38-,39-,40-,41-,42-,43+,44+;;;;;;;;;;/m0........../s1. The van der Waals surface area contributed by atoms with Gasteiger partial charge in [-0.05, 0) is 98.2 Å². The van der Waals surface area contributed by atoms with E-state index >= 15 is 0 Å². The monoisotopic (exact) mass is 1390 g/mol. The van der Waals surface area contributed by atoms with Gasteiger partial charge in [-0.25, -0.2) is 0 Å². The van der Waals surface area contributed by atoms with Crippen molar-refractivity contribution in [1.29, 1.82) is 0 Å². The fourth-order valence-corrected chi connectivity index (χ4v) is 13.4. The molecule has 4 aliphatic rings. The van der Waals surface area contributed by atoms with Gasteiger partial charge in [0.1, 0.15) is 36.3 Å². The Morgan fingerprint density at radius 3 is 1.11 bits per heavy atom. The molecule has 18 nitrogen and oxygen atoms in total. The van der Waals surface area contributed by atoms with E-state index in [1.807, 2.05) is 64.1 Å². The summed E-state index contributed by atoms with van der Waals surface area (Å²) < 4.78 is 0. The molecule has 3 aromatic rings. The molecule has 4 fully saturated rings. The number of rotatable bonds is 18. The zero-order valence-electron chi connectivity index (χ0n) is 48.5. The molecule has 30 heteroatoms. The third-order valence-electron chi connectivity index (χ3n) is 14.7. The van der Waals surface area contributed by atoms with Gasteiger partial charge < -0.3 is 52.3 Å². The molecule has 84 heavy (non-hydrogen) atoms. The number of fused-ring (bicyclic) bond motifs is 2. The van der Waals surface area contributed by atoms with Gasteiger partial charge in [0.25, 0.3) is 0 Å². The fraction of sp³-hybridized carbons (Fsp3) is 0.519. The second kappa shape index (κ2) is 39.5. The molecule has 0 spiro atoms. The van der Waals surface area contributed by atoms with Gasteiger partial charge in [0, 0.05) is 13.1 Å². The first kappa shape index (κ1) is 88.0. The topological polar surface area (TPSA) is 239 Å². The van der Waals surface area contributed by atoms with E-state index in [2.05, 4.69) is 42.5 Å². The molecule has 3 aromatic carbocycles. The second-order valence-corrected chi connectivity index (χ2v) is 23.6. The molecule has 4 heterocycles. The first-order valence-electron chi connectivity index (χ1n) is 25.4. The lowest BCUT2D eigenvalue weighted by Crippen LogP contribution is -2.58. The molecule has 7 rings (SSSR count). The largest absolute Gasteiger partial charge is 0.350 e. The van der Waals surface area contributed by atoms with Crippen LogP contribution in [0.3, 0.4) is 0 Å². The maximum Gasteiger partial charge on any atom is 0.247 e. The number of hydrogen-bond acceptors (Lipinski definition) is 12. The summed E-state index contributed by atoms with van der Waals surface area (Å²) >= 11 is 3.19. The maximum atomic E-state index is 14.5. The van der Waals surface area contributed by atoms with Crippen molar-refractivity contribution in [3.63, 3.8) is 0 Å². The lowest BCUT2D eigenvalue weighted by Gasteiger charge is -2.35. The Bertz CT molecular complexity index is 2400. The number of carbonyl (C=O) groups is 8. The number of likely N-dealkylation sites (N-methyl/N-ethyl adjacent to an activating group) is 2. The molecule has 0 bridgehead atoms. The van der Waals surface area contributed by atoms with Crippen molar-refractivity contribution in [2.24, 2.45) is 10.8 Å². The Balaban J connectivity index is -0.00000320. The van der Waals surface area contributed by atoms with Gasteiger partial charge in [-0.2, -0.15) is 135 Å². The van der Waals surface area contributed by atoms with Crippen molar-refractivity contribution in [1.82, 2.24) is 52.3 Å². The van der Waals surface area contributed by atoms with E-state index in [4.69, 9.17) is 0 Å². The van der Waals surface area contributed by atoms with Crippen molar-refractivity contribution < 1.29 is 38.4 Å². The summed E-state index contributed by atoms with van der Waals surface area (Å²) in [6.45, 7) is 11.4. The first-order chi connectivity index (χ1) is 35.2. The van der Waals surface area contributed by atoms with E-state index < -0.39 is 82.8 Å². The Morgan fingerprint density at radius 1 is 0.500 bits per heavy atom. The van der Waals surface area contributed by atoms with Crippen molar-refractivity contribution in [2.75, 3.05) is 25.6 Å². The summed E-state index contributed by atoms with van der Waals surface area (Å²) in [5.41, 5.74) is 1.35. The van der Waals surface area contributed by atoms with Crippen LogP contribution >= 0.6 is 158 Å². The van der Waals surface area contributed by atoms with Gasteiger partial charge in [0.15, 0.2) is 0 Å². The molecule has 0 radical (unpaired) electrons. The Kier molecular flexibility index (Phi) is 41.4. The minimum absolute atomic E-state index is 0. The zero-order valence-corrected chi connectivity index (χ0v) is 60.1. The highest BCUT2D eigenvalue weighted by atomic mass is 32.2. The predicted octanol–water partition coefficient (Wildman–Crippen LogP) is 4.13. The Hall–Kier alpha value is -2.46. The van der Waals surface area contributed by atoms with Crippen LogP contribution in [0.4, 0.5) is 0 Å². The van der Waals surface area contributed by atoms with E-state index in [0.29, 0.717) is 48.3 Å². The molecule has 4 saturated heterocycles. The SMILES string of the molecule is CN[C@@H](C)C(=O)N[C@H]1CCS[C@H]2CC(C)(C)[C@@H](C(=O)N[C@H](C(=O)NCc3ccc(CNC(=O)[C@@H](NC(=O)[C@H]4N5C(=O)[C@@H](NC(=O)[C@H](C)NC)CCS[C@H]5CC4(C)C)c4ccccc4)cc3)c3ccccc3)N2C1=O.S.S.S.S.S.S.S.S.S.S. The van der Waals surface area contributed by atoms with Crippen LogP contribution in [0.5, 0.6) is 0 Å². The number of nitrogens with zero attached hydrogens (tertiary/aromatic N) is 2. The third kappa shape index (κ3) is 21.4. The number of benzene rings is 3. The quantitative estimate of drug-likeness (QED) is 0.0898. The smallest absolute Gasteiger partial charge is 0.247 e. The van der Waals surface area contributed by atoms with Crippen molar-refractivity contribution >= 4 is 206 Å². The maximum absolute atomic E-state index is 14.5. The summed E-state index contributed by atoms with van der Waals surface area (Å²) in [5.74, 6) is -1.84. The average molecular weight is 1390 g/mol. The molecule has 0 aromatic heterocycles. The number of nitrogens with one attached hydrogen (secondary N) is 8. The molecule has 4 aliphatic heterocycles. The summed E-state index contributed by atoms with van der Waals surface area (Å²) in [6.07, 6.45) is 1.98. The highest BCUT2D eigenvalue weighted by Gasteiger charge is 2.56.